The van der Waals surface area contributed by atoms with Crippen molar-refractivity contribution in [1.82, 2.24) is 5.01 Å². The second-order valence-corrected chi connectivity index (χ2v) is 7.22. The fourth-order valence-corrected chi connectivity index (χ4v) is 4.00. The third-order valence-electron chi connectivity index (χ3n) is 5.43. The van der Waals surface area contributed by atoms with Crippen LogP contribution in [0.25, 0.3) is 10.8 Å². The number of carbonyl (C=O) groups excluding carboxylic acids is 1. The molecule has 29 heavy (non-hydrogen) atoms. The molecule has 4 aromatic carbocycles. The standard InChI is InChI=1S/C26H20N2O/c29-26(21-13-5-2-6-14-21)28-25(18-24(27-28)20-11-3-1-4-12-20)23-17-9-15-19-10-7-8-16-22(19)23/h1-17,25H,18H2. The summed E-state index contributed by atoms with van der Waals surface area (Å²) in [5, 5.41) is 8.80. The Balaban J connectivity index is 1.62. The zero-order valence-corrected chi connectivity index (χ0v) is 15.9. The van der Waals surface area contributed by atoms with Gasteiger partial charge in [-0.15, -0.1) is 0 Å². The zero-order valence-electron chi connectivity index (χ0n) is 15.9. The normalized spacial score (nSPS) is 16.1. The molecular weight excluding hydrogens is 356 g/mol. The monoisotopic (exact) mass is 376 g/mol. The van der Waals surface area contributed by atoms with Gasteiger partial charge in [0, 0.05) is 12.0 Å². The van der Waals surface area contributed by atoms with Crippen molar-refractivity contribution in [1.29, 1.82) is 0 Å². The van der Waals surface area contributed by atoms with E-state index in [1.165, 1.54) is 5.39 Å². The molecular formula is C26H20N2O. The summed E-state index contributed by atoms with van der Waals surface area (Å²) in [5.41, 5.74) is 3.77. The Kier molecular flexibility index (Phi) is 4.41. The van der Waals surface area contributed by atoms with Gasteiger partial charge < -0.3 is 0 Å². The highest BCUT2D eigenvalue weighted by atomic mass is 16.2. The minimum Gasteiger partial charge on any atom is -0.267 e. The molecule has 1 heterocycles. The van der Waals surface area contributed by atoms with E-state index in [0.29, 0.717) is 12.0 Å². The van der Waals surface area contributed by atoms with Crippen LogP contribution in [0.1, 0.15) is 33.9 Å². The van der Waals surface area contributed by atoms with Gasteiger partial charge >= 0.3 is 0 Å². The smallest absolute Gasteiger partial charge is 0.267 e. The summed E-state index contributed by atoms with van der Waals surface area (Å²) in [5.74, 6) is -0.0746. The van der Waals surface area contributed by atoms with Crippen LogP contribution in [0.5, 0.6) is 0 Å². The van der Waals surface area contributed by atoms with Crippen molar-refractivity contribution < 1.29 is 4.79 Å². The van der Waals surface area contributed by atoms with Gasteiger partial charge in [0.15, 0.2) is 0 Å². The first kappa shape index (κ1) is 17.4. The predicted molar refractivity (Wildman–Crippen MR) is 117 cm³/mol. The van der Waals surface area contributed by atoms with Gasteiger partial charge in [0.1, 0.15) is 0 Å². The van der Waals surface area contributed by atoms with Gasteiger partial charge in [0.2, 0.25) is 0 Å². The highest BCUT2D eigenvalue weighted by Gasteiger charge is 2.34. The summed E-state index contributed by atoms with van der Waals surface area (Å²) >= 11 is 0. The molecule has 1 amide bonds. The number of hydrogen-bond donors (Lipinski definition) is 0. The number of hydrazone groups is 1. The van der Waals surface area contributed by atoms with Crippen molar-refractivity contribution in [2.45, 2.75) is 12.5 Å². The minimum absolute atomic E-state index is 0.0746. The van der Waals surface area contributed by atoms with Crippen LogP contribution in [0.4, 0.5) is 0 Å². The Bertz CT molecular complexity index is 1190. The fraction of sp³-hybridized carbons (Fsp3) is 0.0769. The van der Waals surface area contributed by atoms with Gasteiger partial charge in [0.25, 0.3) is 5.91 Å². The van der Waals surface area contributed by atoms with Crippen LogP contribution in [-0.2, 0) is 0 Å². The van der Waals surface area contributed by atoms with E-state index < -0.39 is 0 Å². The third kappa shape index (κ3) is 3.21. The van der Waals surface area contributed by atoms with Crippen molar-refractivity contribution in [3.8, 4) is 0 Å². The summed E-state index contributed by atoms with van der Waals surface area (Å²) in [6, 6.07) is 34.0. The fourth-order valence-electron chi connectivity index (χ4n) is 4.00. The third-order valence-corrected chi connectivity index (χ3v) is 5.43. The number of carbonyl (C=O) groups is 1. The Labute approximate surface area is 169 Å². The van der Waals surface area contributed by atoms with Gasteiger partial charge in [-0.1, -0.05) is 91.0 Å². The average molecular weight is 376 g/mol. The van der Waals surface area contributed by atoms with E-state index in [-0.39, 0.29) is 11.9 Å². The van der Waals surface area contributed by atoms with Crippen molar-refractivity contribution in [3.05, 3.63) is 120 Å². The van der Waals surface area contributed by atoms with Gasteiger partial charge in [-0.25, -0.2) is 5.01 Å². The lowest BCUT2D eigenvalue weighted by molar-refractivity contribution is 0.0712. The molecule has 0 fully saturated rings. The van der Waals surface area contributed by atoms with Gasteiger partial charge in [-0.3, -0.25) is 4.79 Å². The van der Waals surface area contributed by atoms with Crippen molar-refractivity contribution >= 4 is 22.4 Å². The van der Waals surface area contributed by atoms with Crippen LogP contribution in [0, 0.1) is 0 Å². The van der Waals surface area contributed by atoms with Crippen LogP contribution >= 0.6 is 0 Å². The Hall–Kier alpha value is -3.72. The lowest BCUT2D eigenvalue weighted by Crippen LogP contribution is -2.27. The van der Waals surface area contributed by atoms with Crippen molar-refractivity contribution in [2.75, 3.05) is 0 Å². The van der Waals surface area contributed by atoms with Crippen LogP contribution in [0.3, 0.4) is 0 Å². The average Bonchev–Trinajstić information content (AvgIpc) is 3.24. The SMILES string of the molecule is O=C(c1ccccc1)N1N=C(c2ccccc2)CC1c1cccc2ccccc12. The van der Waals surface area contributed by atoms with Gasteiger partial charge in [-0.05, 0) is 34.0 Å². The maximum atomic E-state index is 13.4. The van der Waals surface area contributed by atoms with E-state index in [2.05, 4.69) is 42.5 Å². The molecule has 0 aromatic heterocycles. The van der Waals surface area contributed by atoms with E-state index >= 15 is 0 Å². The number of amides is 1. The number of rotatable bonds is 3. The summed E-state index contributed by atoms with van der Waals surface area (Å²) < 4.78 is 0. The molecule has 3 nitrogen and oxygen atoms in total. The Morgan fingerprint density at radius 2 is 1.41 bits per heavy atom. The highest BCUT2D eigenvalue weighted by Crippen LogP contribution is 2.37. The second-order valence-electron chi connectivity index (χ2n) is 7.22. The van der Waals surface area contributed by atoms with E-state index in [1.807, 2.05) is 60.7 Å². The quantitative estimate of drug-likeness (QED) is 0.443. The van der Waals surface area contributed by atoms with Crippen molar-refractivity contribution in [2.24, 2.45) is 5.10 Å². The van der Waals surface area contributed by atoms with Crippen molar-refractivity contribution in [3.63, 3.8) is 0 Å². The largest absolute Gasteiger partial charge is 0.274 e. The van der Waals surface area contributed by atoms with Crippen LogP contribution in [-0.4, -0.2) is 16.6 Å². The Morgan fingerprint density at radius 1 is 0.759 bits per heavy atom. The summed E-state index contributed by atoms with van der Waals surface area (Å²) in [4.78, 5) is 13.4. The maximum absolute atomic E-state index is 13.4. The summed E-state index contributed by atoms with van der Waals surface area (Å²) in [6.07, 6.45) is 0.691. The molecule has 0 bridgehead atoms. The van der Waals surface area contributed by atoms with Gasteiger partial charge in [-0.2, -0.15) is 5.10 Å². The molecule has 1 unspecified atom stereocenters. The predicted octanol–water partition coefficient (Wildman–Crippen LogP) is 5.83. The van der Waals surface area contributed by atoms with E-state index in [4.69, 9.17) is 5.10 Å². The molecule has 3 heteroatoms. The number of benzene rings is 4. The van der Waals surface area contributed by atoms with Gasteiger partial charge in [0.05, 0.1) is 11.8 Å². The van der Waals surface area contributed by atoms with Crippen LogP contribution in [0.15, 0.2) is 108 Å². The highest BCUT2D eigenvalue weighted by molar-refractivity contribution is 6.05. The molecule has 0 spiro atoms. The van der Waals surface area contributed by atoms with E-state index in [0.717, 1.165) is 22.2 Å². The second kappa shape index (κ2) is 7.36. The first-order chi connectivity index (χ1) is 14.3. The molecule has 0 saturated carbocycles. The lowest BCUT2D eigenvalue weighted by Gasteiger charge is -2.23. The first-order valence-corrected chi connectivity index (χ1v) is 9.80. The molecule has 140 valence electrons. The molecule has 1 aliphatic heterocycles. The minimum atomic E-state index is -0.135. The molecule has 1 aliphatic rings. The van der Waals surface area contributed by atoms with E-state index in [1.54, 1.807) is 5.01 Å². The number of hydrogen-bond acceptors (Lipinski definition) is 2. The number of fused-ring (bicyclic) bond motifs is 1. The molecule has 4 aromatic rings. The first-order valence-electron chi connectivity index (χ1n) is 9.80. The summed E-state index contributed by atoms with van der Waals surface area (Å²) in [6.45, 7) is 0. The molecule has 0 N–H and O–H groups in total. The molecule has 0 aliphatic carbocycles. The zero-order chi connectivity index (χ0) is 19.6. The molecule has 1 atom stereocenters. The maximum Gasteiger partial charge on any atom is 0.274 e. The van der Waals surface area contributed by atoms with Crippen LogP contribution < -0.4 is 0 Å². The summed E-state index contributed by atoms with van der Waals surface area (Å²) in [7, 11) is 0. The number of nitrogens with zero attached hydrogens (tertiary/aromatic N) is 2. The molecule has 0 saturated heterocycles. The molecule has 5 rings (SSSR count). The van der Waals surface area contributed by atoms with E-state index in [9.17, 15) is 4.79 Å². The van der Waals surface area contributed by atoms with Crippen LogP contribution in [0.2, 0.25) is 0 Å². The topological polar surface area (TPSA) is 32.7 Å². The Morgan fingerprint density at radius 3 is 2.21 bits per heavy atom. The molecule has 0 radical (unpaired) electrons. The lowest BCUT2D eigenvalue weighted by atomic mass is 9.94.